The Hall–Kier alpha value is -3.40. The molecule has 10 heteroatoms. The zero-order valence-corrected chi connectivity index (χ0v) is 18.4. The zero-order chi connectivity index (χ0) is 23.1. The molecule has 1 aliphatic carbocycles. The number of carbonyl (C=O) groups excluding carboxylic acids is 1. The second-order valence-corrected chi connectivity index (χ2v) is 8.58. The first-order valence-electron chi connectivity index (χ1n) is 10.6. The Labute approximate surface area is 194 Å². The summed E-state index contributed by atoms with van der Waals surface area (Å²) in [6.07, 6.45) is 2.77. The number of amides is 1. The fraction of sp³-hybridized carbons (Fsp3) is 0.261. The first kappa shape index (κ1) is 21.4. The standard InChI is InChI=1S/C23H23ClN6O3/c24-17-7-12(1-5-16(17)23(33)28-14-3-4-14)20-10-27-22-21(26-9-15(32)11-31)29-18-8-13(25)2-6-19(18)30(20)22/h1-2,5-8,10,14-15,31-32H,3-4,9,11,25H2,(H,26,29)(H,28,33). The Morgan fingerprint density at radius 1 is 1.27 bits per heavy atom. The van der Waals surface area contributed by atoms with Crippen LogP contribution >= 0.6 is 11.6 Å². The molecular weight excluding hydrogens is 444 g/mol. The number of nitrogen functional groups attached to an aromatic ring is 1. The van der Waals surface area contributed by atoms with Crippen LogP contribution in [-0.2, 0) is 0 Å². The van der Waals surface area contributed by atoms with Gasteiger partial charge in [-0.05, 0) is 43.2 Å². The molecular formula is C23H23ClN6O3. The van der Waals surface area contributed by atoms with Crippen LogP contribution in [0.3, 0.4) is 0 Å². The van der Waals surface area contributed by atoms with Gasteiger partial charge in [0.2, 0.25) is 0 Å². The molecule has 4 aromatic rings. The van der Waals surface area contributed by atoms with Gasteiger partial charge in [0.05, 0.1) is 46.2 Å². The molecule has 5 rings (SSSR count). The van der Waals surface area contributed by atoms with Gasteiger partial charge in [-0.15, -0.1) is 0 Å². The van der Waals surface area contributed by atoms with Gasteiger partial charge in [0.15, 0.2) is 11.5 Å². The summed E-state index contributed by atoms with van der Waals surface area (Å²) in [5, 5.41) is 25.3. The second-order valence-electron chi connectivity index (χ2n) is 8.17. The lowest BCUT2D eigenvalue weighted by Crippen LogP contribution is -2.25. The number of anilines is 2. The average molecular weight is 467 g/mol. The number of nitrogens with zero attached hydrogens (tertiary/aromatic N) is 3. The van der Waals surface area contributed by atoms with E-state index in [2.05, 4.69) is 20.6 Å². The van der Waals surface area contributed by atoms with Crippen LogP contribution in [0.4, 0.5) is 11.5 Å². The van der Waals surface area contributed by atoms with Crippen LogP contribution in [0.2, 0.25) is 5.02 Å². The molecule has 0 bridgehead atoms. The third-order valence-corrected chi connectivity index (χ3v) is 5.90. The monoisotopic (exact) mass is 466 g/mol. The van der Waals surface area contributed by atoms with Crippen molar-refractivity contribution in [2.45, 2.75) is 25.0 Å². The molecule has 170 valence electrons. The number of aliphatic hydroxyl groups excluding tert-OH is 2. The summed E-state index contributed by atoms with van der Waals surface area (Å²) in [5.41, 5.74) is 10.5. The van der Waals surface area contributed by atoms with E-state index in [9.17, 15) is 9.90 Å². The second kappa shape index (κ2) is 8.51. The molecule has 0 aliphatic heterocycles. The van der Waals surface area contributed by atoms with Crippen molar-refractivity contribution in [3.8, 4) is 11.3 Å². The number of carbonyl (C=O) groups is 1. The summed E-state index contributed by atoms with van der Waals surface area (Å²) in [6, 6.07) is 10.9. The highest BCUT2D eigenvalue weighted by Crippen LogP contribution is 2.32. The number of hydrogen-bond acceptors (Lipinski definition) is 7. The van der Waals surface area contributed by atoms with E-state index in [1.54, 1.807) is 30.5 Å². The van der Waals surface area contributed by atoms with Gasteiger partial charge in [-0.25, -0.2) is 9.97 Å². The number of imidazole rings is 1. The molecule has 1 saturated carbocycles. The van der Waals surface area contributed by atoms with Crippen molar-refractivity contribution in [2.24, 2.45) is 0 Å². The van der Waals surface area contributed by atoms with Gasteiger partial charge in [-0.2, -0.15) is 0 Å². The molecule has 1 unspecified atom stereocenters. The Kier molecular flexibility index (Phi) is 5.53. The predicted molar refractivity (Wildman–Crippen MR) is 127 cm³/mol. The number of rotatable bonds is 7. The van der Waals surface area contributed by atoms with Gasteiger partial charge in [-0.1, -0.05) is 17.7 Å². The van der Waals surface area contributed by atoms with E-state index in [0.29, 0.717) is 33.3 Å². The summed E-state index contributed by atoms with van der Waals surface area (Å²) in [6.45, 7) is -0.269. The van der Waals surface area contributed by atoms with Gasteiger partial charge < -0.3 is 26.6 Å². The fourth-order valence-electron chi connectivity index (χ4n) is 3.70. The van der Waals surface area contributed by atoms with Crippen LogP contribution in [-0.4, -0.2) is 55.8 Å². The van der Waals surface area contributed by atoms with E-state index < -0.39 is 6.10 Å². The van der Waals surface area contributed by atoms with Crippen LogP contribution < -0.4 is 16.4 Å². The highest BCUT2D eigenvalue weighted by Gasteiger charge is 2.25. The lowest BCUT2D eigenvalue weighted by atomic mass is 10.1. The summed E-state index contributed by atoms with van der Waals surface area (Å²) < 4.78 is 1.92. The summed E-state index contributed by atoms with van der Waals surface area (Å²) in [7, 11) is 0. The fourth-order valence-corrected chi connectivity index (χ4v) is 3.97. The number of fused-ring (bicyclic) bond motifs is 3. The van der Waals surface area contributed by atoms with Gasteiger partial charge in [-0.3, -0.25) is 9.20 Å². The minimum atomic E-state index is -0.939. The largest absolute Gasteiger partial charge is 0.399 e. The van der Waals surface area contributed by atoms with E-state index in [4.69, 9.17) is 22.4 Å². The number of hydrogen-bond donors (Lipinski definition) is 5. The molecule has 2 aromatic carbocycles. The van der Waals surface area contributed by atoms with Gasteiger partial charge in [0.1, 0.15) is 0 Å². The van der Waals surface area contributed by atoms with E-state index in [1.807, 2.05) is 16.5 Å². The number of nitrogens with two attached hydrogens (primary N) is 1. The van der Waals surface area contributed by atoms with Gasteiger partial charge in [0.25, 0.3) is 5.91 Å². The van der Waals surface area contributed by atoms with Gasteiger partial charge >= 0.3 is 0 Å². The highest BCUT2D eigenvalue weighted by molar-refractivity contribution is 6.34. The maximum Gasteiger partial charge on any atom is 0.253 e. The molecule has 1 amide bonds. The first-order valence-corrected chi connectivity index (χ1v) is 11.0. The number of aliphatic hydroxyl groups is 2. The SMILES string of the molecule is Nc1ccc2c(c1)nc(NCC(O)CO)c1ncc(-c3ccc(C(=O)NC4CC4)c(Cl)c3)n12. The maximum atomic E-state index is 12.4. The number of nitrogens with one attached hydrogen (secondary N) is 2. The van der Waals surface area contributed by atoms with E-state index >= 15 is 0 Å². The number of halogens is 1. The van der Waals surface area contributed by atoms with Crippen LogP contribution in [0, 0.1) is 0 Å². The van der Waals surface area contributed by atoms with Crippen molar-refractivity contribution >= 4 is 45.7 Å². The first-order chi connectivity index (χ1) is 15.9. The molecule has 2 heterocycles. The average Bonchev–Trinajstić information content (AvgIpc) is 3.50. The zero-order valence-electron chi connectivity index (χ0n) is 17.6. The van der Waals surface area contributed by atoms with Crippen molar-refractivity contribution in [3.63, 3.8) is 0 Å². The highest BCUT2D eigenvalue weighted by atomic mass is 35.5. The van der Waals surface area contributed by atoms with Gasteiger partial charge in [0, 0.05) is 23.8 Å². The minimum absolute atomic E-state index is 0.103. The third-order valence-electron chi connectivity index (χ3n) is 5.58. The van der Waals surface area contributed by atoms with E-state index in [0.717, 1.165) is 29.6 Å². The lowest BCUT2D eigenvalue weighted by molar-refractivity contribution is 0.0951. The molecule has 6 N–H and O–H groups in total. The Bertz CT molecular complexity index is 1370. The summed E-state index contributed by atoms with van der Waals surface area (Å²) in [5.74, 6) is 0.268. The third kappa shape index (κ3) is 4.18. The van der Waals surface area contributed by atoms with Crippen molar-refractivity contribution in [2.75, 3.05) is 24.2 Å². The Morgan fingerprint density at radius 3 is 2.82 bits per heavy atom. The molecule has 1 atom stereocenters. The molecule has 9 nitrogen and oxygen atoms in total. The van der Waals surface area contributed by atoms with Crippen molar-refractivity contribution < 1.29 is 15.0 Å². The molecule has 1 aliphatic rings. The van der Waals surface area contributed by atoms with Crippen LogP contribution in [0.1, 0.15) is 23.2 Å². The lowest BCUT2D eigenvalue weighted by Gasteiger charge is -2.14. The predicted octanol–water partition coefficient (Wildman–Crippen LogP) is 2.44. The molecule has 2 aromatic heterocycles. The van der Waals surface area contributed by atoms with Crippen LogP contribution in [0.25, 0.3) is 27.9 Å². The Morgan fingerprint density at radius 2 is 2.09 bits per heavy atom. The molecule has 0 saturated heterocycles. The van der Waals surface area contributed by atoms with Crippen molar-refractivity contribution in [1.29, 1.82) is 0 Å². The van der Waals surface area contributed by atoms with Crippen LogP contribution in [0.5, 0.6) is 0 Å². The topological polar surface area (TPSA) is 138 Å². The number of aromatic nitrogens is 3. The number of benzene rings is 2. The van der Waals surface area contributed by atoms with E-state index in [1.165, 1.54) is 0 Å². The minimum Gasteiger partial charge on any atom is -0.399 e. The molecule has 0 radical (unpaired) electrons. The maximum absolute atomic E-state index is 12.4. The summed E-state index contributed by atoms with van der Waals surface area (Å²) in [4.78, 5) is 21.6. The van der Waals surface area contributed by atoms with E-state index in [-0.39, 0.29) is 25.1 Å². The smallest absolute Gasteiger partial charge is 0.253 e. The molecule has 1 fully saturated rings. The summed E-state index contributed by atoms with van der Waals surface area (Å²) >= 11 is 6.48. The Balaban J connectivity index is 1.61. The quantitative estimate of drug-likeness (QED) is 0.264. The molecule has 0 spiro atoms. The van der Waals surface area contributed by atoms with Crippen molar-refractivity contribution in [1.82, 2.24) is 19.7 Å². The normalized spacial score (nSPS) is 14.5. The van der Waals surface area contributed by atoms with Crippen molar-refractivity contribution in [3.05, 3.63) is 53.2 Å². The molecule has 33 heavy (non-hydrogen) atoms. The van der Waals surface area contributed by atoms with Crippen LogP contribution in [0.15, 0.2) is 42.6 Å².